The lowest BCUT2D eigenvalue weighted by Gasteiger charge is -2.34. The summed E-state index contributed by atoms with van der Waals surface area (Å²) in [6, 6.07) is 19.1. The van der Waals surface area contributed by atoms with Gasteiger partial charge in [0, 0.05) is 6.07 Å². The number of amides is 1. The number of aromatic nitrogens is 2. The minimum atomic E-state index is -0.289. The number of para-hydroxylation sites is 3. The lowest BCUT2D eigenvalue weighted by atomic mass is 10.1. The SMILES string of the molecule is CC1COc2ccccc2N1C(=O)c1ccc(=O)n(-c2ccccc2)n1. The minimum absolute atomic E-state index is 0.142. The van der Waals surface area contributed by atoms with Gasteiger partial charge in [-0.3, -0.25) is 14.5 Å². The number of rotatable bonds is 2. The second-order valence-corrected chi connectivity index (χ2v) is 6.11. The molecule has 2 heterocycles. The van der Waals surface area contributed by atoms with Crippen LogP contribution in [0.4, 0.5) is 5.69 Å². The molecule has 0 saturated heterocycles. The molecule has 0 fully saturated rings. The first kappa shape index (κ1) is 16.1. The summed E-state index contributed by atoms with van der Waals surface area (Å²) in [5, 5.41) is 4.30. The number of nitrogens with zero attached hydrogens (tertiary/aromatic N) is 3. The van der Waals surface area contributed by atoms with Crippen molar-refractivity contribution in [3.05, 3.63) is 82.8 Å². The number of fused-ring (bicyclic) bond motifs is 1. The molecule has 0 radical (unpaired) electrons. The molecule has 1 aliphatic heterocycles. The van der Waals surface area contributed by atoms with Crippen LogP contribution in [0.15, 0.2) is 71.5 Å². The fourth-order valence-corrected chi connectivity index (χ4v) is 3.01. The molecule has 6 heteroatoms. The summed E-state index contributed by atoms with van der Waals surface area (Å²) in [5.74, 6) is 0.397. The van der Waals surface area contributed by atoms with Crippen molar-refractivity contribution in [2.45, 2.75) is 13.0 Å². The second-order valence-electron chi connectivity index (χ2n) is 6.11. The third-order valence-electron chi connectivity index (χ3n) is 4.28. The molecule has 0 spiro atoms. The summed E-state index contributed by atoms with van der Waals surface area (Å²) in [4.78, 5) is 27.0. The van der Waals surface area contributed by atoms with Crippen LogP contribution in [0.5, 0.6) is 5.75 Å². The van der Waals surface area contributed by atoms with Gasteiger partial charge >= 0.3 is 0 Å². The zero-order valence-corrected chi connectivity index (χ0v) is 14.2. The molecular weight excluding hydrogens is 330 g/mol. The first-order valence-corrected chi connectivity index (χ1v) is 8.36. The average molecular weight is 347 g/mol. The van der Waals surface area contributed by atoms with Gasteiger partial charge < -0.3 is 4.74 Å². The third-order valence-corrected chi connectivity index (χ3v) is 4.28. The van der Waals surface area contributed by atoms with E-state index in [9.17, 15) is 9.59 Å². The van der Waals surface area contributed by atoms with Gasteiger partial charge in [0.25, 0.3) is 11.5 Å². The molecule has 6 nitrogen and oxygen atoms in total. The molecule has 2 aromatic carbocycles. The fraction of sp³-hybridized carbons (Fsp3) is 0.150. The first-order chi connectivity index (χ1) is 12.6. The van der Waals surface area contributed by atoms with Crippen LogP contribution >= 0.6 is 0 Å². The Morgan fingerprint density at radius 3 is 2.58 bits per heavy atom. The van der Waals surface area contributed by atoms with Gasteiger partial charge in [0.1, 0.15) is 18.1 Å². The molecule has 1 amide bonds. The van der Waals surface area contributed by atoms with Crippen LogP contribution in [0, 0.1) is 0 Å². The van der Waals surface area contributed by atoms with Crippen LogP contribution in [0.1, 0.15) is 17.4 Å². The highest BCUT2D eigenvalue weighted by Gasteiger charge is 2.31. The van der Waals surface area contributed by atoms with E-state index >= 15 is 0 Å². The Morgan fingerprint density at radius 1 is 1.04 bits per heavy atom. The molecule has 1 aromatic heterocycles. The number of hydrogen-bond donors (Lipinski definition) is 0. The number of carbonyl (C=O) groups excluding carboxylic acids is 1. The maximum atomic E-state index is 13.2. The molecule has 3 aromatic rings. The molecule has 130 valence electrons. The van der Waals surface area contributed by atoms with Crippen LogP contribution in [-0.4, -0.2) is 28.3 Å². The quantitative estimate of drug-likeness (QED) is 0.715. The number of benzene rings is 2. The molecule has 0 aliphatic carbocycles. The summed E-state index contributed by atoms with van der Waals surface area (Å²) < 4.78 is 6.93. The van der Waals surface area contributed by atoms with Crippen molar-refractivity contribution < 1.29 is 9.53 Å². The lowest BCUT2D eigenvalue weighted by Crippen LogP contribution is -2.45. The Labute approximate surface area is 150 Å². The average Bonchev–Trinajstić information content (AvgIpc) is 2.68. The molecule has 0 N–H and O–H groups in total. The molecule has 0 saturated carbocycles. The topological polar surface area (TPSA) is 64.4 Å². The third kappa shape index (κ3) is 2.75. The van der Waals surface area contributed by atoms with Crippen molar-refractivity contribution in [3.8, 4) is 11.4 Å². The predicted molar refractivity (Wildman–Crippen MR) is 98.0 cm³/mol. The van der Waals surface area contributed by atoms with Crippen molar-refractivity contribution in [1.82, 2.24) is 9.78 Å². The number of hydrogen-bond acceptors (Lipinski definition) is 4. The molecule has 1 atom stereocenters. The van der Waals surface area contributed by atoms with Crippen molar-refractivity contribution in [1.29, 1.82) is 0 Å². The number of ether oxygens (including phenoxy) is 1. The minimum Gasteiger partial charge on any atom is -0.489 e. The summed E-state index contributed by atoms with van der Waals surface area (Å²) in [6.07, 6.45) is 0. The summed E-state index contributed by atoms with van der Waals surface area (Å²) in [7, 11) is 0. The van der Waals surface area contributed by atoms with Gasteiger partial charge in [-0.15, -0.1) is 0 Å². The summed E-state index contributed by atoms with van der Waals surface area (Å²) in [5.41, 5.74) is 1.23. The zero-order valence-electron chi connectivity index (χ0n) is 14.2. The van der Waals surface area contributed by atoms with Gasteiger partial charge in [-0.25, -0.2) is 0 Å². The predicted octanol–water partition coefficient (Wildman–Crippen LogP) is 2.66. The number of carbonyl (C=O) groups is 1. The van der Waals surface area contributed by atoms with Crippen LogP contribution < -0.4 is 15.2 Å². The van der Waals surface area contributed by atoms with E-state index in [0.29, 0.717) is 23.7 Å². The Kier molecular flexibility index (Phi) is 4.01. The van der Waals surface area contributed by atoms with E-state index in [2.05, 4.69) is 5.10 Å². The Bertz CT molecular complexity index is 1010. The van der Waals surface area contributed by atoms with Crippen LogP contribution in [0.2, 0.25) is 0 Å². The maximum Gasteiger partial charge on any atom is 0.279 e. The van der Waals surface area contributed by atoms with E-state index in [4.69, 9.17) is 4.74 Å². The Balaban J connectivity index is 1.77. The summed E-state index contributed by atoms with van der Waals surface area (Å²) in [6.45, 7) is 2.32. The molecule has 1 unspecified atom stereocenters. The maximum absolute atomic E-state index is 13.2. The highest BCUT2D eigenvalue weighted by atomic mass is 16.5. The van der Waals surface area contributed by atoms with Gasteiger partial charge in [0.05, 0.1) is 17.4 Å². The van der Waals surface area contributed by atoms with Gasteiger partial charge in [0.2, 0.25) is 0 Å². The van der Waals surface area contributed by atoms with Crippen LogP contribution in [0.3, 0.4) is 0 Å². The smallest absolute Gasteiger partial charge is 0.279 e. The van der Waals surface area contributed by atoms with Gasteiger partial charge in [-0.2, -0.15) is 9.78 Å². The van der Waals surface area contributed by atoms with E-state index in [1.807, 2.05) is 49.4 Å². The second kappa shape index (κ2) is 6.48. The lowest BCUT2D eigenvalue weighted by molar-refractivity contribution is 0.0954. The van der Waals surface area contributed by atoms with Crippen molar-refractivity contribution in [2.24, 2.45) is 0 Å². The standard InChI is InChI=1S/C20H17N3O3/c1-14-13-26-18-10-6-5-9-17(18)22(14)20(25)16-11-12-19(24)23(21-16)15-7-3-2-4-8-15/h2-12,14H,13H2,1H3. The van der Waals surface area contributed by atoms with Crippen molar-refractivity contribution in [3.63, 3.8) is 0 Å². The van der Waals surface area contributed by atoms with Crippen LogP contribution in [0.25, 0.3) is 5.69 Å². The van der Waals surface area contributed by atoms with E-state index in [1.165, 1.54) is 16.8 Å². The molecule has 0 bridgehead atoms. The van der Waals surface area contributed by atoms with Gasteiger partial charge in [0.15, 0.2) is 0 Å². The monoisotopic (exact) mass is 347 g/mol. The number of anilines is 1. The van der Waals surface area contributed by atoms with Gasteiger partial charge in [-0.05, 0) is 37.3 Å². The van der Waals surface area contributed by atoms with E-state index in [-0.39, 0.29) is 23.2 Å². The Morgan fingerprint density at radius 2 is 1.77 bits per heavy atom. The van der Waals surface area contributed by atoms with Crippen molar-refractivity contribution >= 4 is 11.6 Å². The van der Waals surface area contributed by atoms with E-state index < -0.39 is 0 Å². The highest BCUT2D eigenvalue weighted by molar-refractivity contribution is 6.06. The molecule has 1 aliphatic rings. The first-order valence-electron chi connectivity index (χ1n) is 8.36. The zero-order chi connectivity index (χ0) is 18.1. The van der Waals surface area contributed by atoms with Crippen LogP contribution in [-0.2, 0) is 0 Å². The Hall–Kier alpha value is -3.41. The normalized spacial score (nSPS) is 15.9. The molecule has 4 rings (SSSR count). The fourth-order valence-electron chi connectivity index (χ4n) is 3.01. The molecular formula is C20H17N3O3. The van der Waals surface area contributed by atoms with E-state index in [1.54, 1.807) is 17.0 Å². The van der Waals surface area contributed by atoms with Gasteiger partial charge in [-0.1, -0.05) is 30.3 Å². The molecule has 26 heavy (non-hydrogen) atoms. The highest BCUT2D eigenvalue weighted by Crippen LogP contribution is 2.34. The van der Waals surface area contributed by atoms with E-state index in [0.717, 1.165) is 0 Å². The summed E-state index contributed by atoms with van der Waals surface area (Å²) >= 11 is 0. The largest absolute Gasteiger partial charge is 0.489 e. The van der Waals surface area contributed by atoms with Crippen molar-refractivity contribution in [2.75, 3.05) is 11.5 Å².